The van der Waals surface area contributed by atoms with Crippen LogP contribution in [0.1, 0.15) is 0 Å². The summed E-state index contributed by atoms with van der Waals surface area (Å²) < 4.78 is 29.9. The lowest BCUT2D eigenvalue weighted by Gasteiger charge is -2.08. The fraction of sp³-hybridized carbons (Fsp3) is 0.462. The third-order valence-electron chi connectivity index (χ3n) is 6.43. The van der Waals surface area contributed by atoms with Gasteiger partial charge >= 0.3 is 11.4 Å². The monoisotopic (exact) mass is 496 g/mol. The molecule has 10 nitrogen and oxygen atoms in total. The smallest absolute Gasteiger partial charge is 0.329 e. The zero-order valence-electron chi connectivity index (χ0n) is 20.3. The van der Waals surface area contributed by atoms with Gasteiger partial charge in [-0.05, 0) is 24.3 Å². The molecule has 0 aliphatic carbocycles. The van der Waals surface area contributed by atoms with Crippen LogP contribution in [0.3, 0.4) is 0 Å². The minimum absolute atomic E-state index is 0.0687. The van der Waals surface area contributed by atoms with Crippen LogP contribution >= 0.6 is 0 Å². The van der Waals surface area contributed by atoms with Crippen LogP contribution in [-0.2, 0) is 45.1 Å². The van der Waals surface area contributed by atoms with Gasteiger partial charge < -0.3 is 18.9 Å². The molecule has 0 atom stereocenters. The quantitative estimate of drug-likeness (QED) is 0.368. The highest BCUT2D eigenvalue weighted by Crippen LogP contribution is 2.14. The molecule has 0 spiro atoms. The lowest BCUT2D eigenvalue weighted by Crippen LogP contribution is -2.28. The molecule has 4 aromatic rings. The van der Waals surface area contributed by atoms with Crippen molar-refractivity contribution in [2.45, 2.75) is 26.2 Å². The molecule has 0 fully saturated rings. The van der Waals surface area contributed by atoms with E-state index in [4.69, 9.17) is 18.9 Å². The first-order chi connectivity index (χ1) is 17.8. The number of fused-ring (bicyclic) bond motifs is 10. The Morgan fingerprint density at radius 1 is 0.417 bits per heavy atom. The summed E-state index contributed by atoms with van der Waals surface area (Å²) in [6.45, 7) is 5.07. The van der Waals surface area contributed by atoms with Crippen LogP contribution in [0.25, 0.3) is 22.1 Å². The molecule has 0 radical (unpaired) electrons. The van der Waals surface area contributed by atoms with Crippen molar-refractivity contribution in [2.24, 2.45) is 0 Å². The molecule has 1 aliphatic rings. The fourth-order valence-corrected chi connectivity index (χ4v) is 4.68. The molecule has 2 aromatic carbocycles. The minimum Gasteiger partial charge on any atom is -0.377 e. The van der Waals surface area contributed by atoms with Crippen molar-refractivity contribution < 1.29 is 18.9 Å². The molecule has 192 valence electrons. The zero-order chi connectivity index (χ0) is 24.7. The maximum Gasteiger partial charge on any atom is 0.329 e. The molecule has 0 N–H and O–H groups in total. The van der Waals surface area contributed by atoms with Crippen molar-refractivity contribution in [1.82, 2.24) is 18.3 Å². The number of hydrogen-bond acceptors (Lipinski definition) is 6. The van der Waals surface area contributed by atoms with E-state index in [2.05, 4.69) is 0 Å². The maximum atomic E-state index is 13.1. The standard InChI is InChI=1S/C26H32N4O6/c31-25-27-9-13-33-17-18-35-15-11-29-23-7-3-4-8-24(23)30(26(29)32)12-16-36-20-19-34-14-10-28(25)22-6-2-1-5-21(22)27/h1-8H,9-20H2. The Morgan fingerprint density at radius 2 is 0.667 bits per heavy atom. The predicted molar refractivity (Wildman–Crippen MR) is 136 cm³/mol. The molecule has 10 heteroatoms. The number of benzene rings is 2. The van der Waals surface area contributed by atoms with E-state index in [9.17, 15) is 9.59 Å². The van der Waals surface area contributed by atoms with Crippen LogP contribution < -0.4 is 11.4 Å². The van der Waals surface area contributed by atoms with E-state index in [-0.39, 0.29) is 11.4 Å². The summed E-state index contributed by atoms with van der Waals surface area (Å²) in [6, 6.07) is 15.5. The molecule has 4 bridgehead atoms. The second-order valence-electron chi connectivity index (χ2n) is 8.60. The van der Waals surface area contributed by atoms with Gasteiger partial charge in [0.05, 0.1) is 101 Å². The van der Waals surface area contributed by atoms with Crippen molar-refractivity contribution in [3.8, 4) is 0 Å². The first kappa shape index (κ1) is 24.5. The summed E-state index contributed by atoms with van der Waals surface area (Å²) >= 11 is 0. The van der Waals surface area contributed by atoms with Crippen LogP contribution in [0, 0.1) is 0 Å². The largest absolute Gasteiger partial charge is 0.377 e. The summed E-state index contributed by atoms with van der Waals surface area (Å²) in [7, 11) is 0. The van der Waals surface area contributed by atoms with Crippen LogP contribution in [0.15, 0.2) is 58.1 Å². The van der Waals surface area contributed by atoms with E-state index in [1.54, 1.807) is 18.3 Å². The molecule has 1 aliphatic heterocycles. The zero-order valence-corrected chi connectivity index (χ0v) is 20.3. The van der Waals surface area contributed by atoms with Crippen molar-refractivity contribution in [1.29, 1.82) is 0 Å². The van der Waals surface area contributed by atoms with Gasteiger partial charge in [-0.15, -0.1) is 0 Å². The minimum atomic E-state index is -0.0687. The van der Waals surface area contributed by atoms with Gasteiger partial charge in [-0.25, -0.2) is 9.59 Å². The average molecular weight is 497 g/mol. The highest BCUT2D eigenvalue weighted by molar-refractivity contribution is 5.76. The summed E-state index contributed by atoms with van der Waals surface area (Å²) in [5, 5.41) is 0. The summed E-state index contributed by atoms with van der Waals surface area (Å²) in [5.74, 6) is 0. The second kappa shape index (κ2) is 11.7. The lowest BCUT2D eigenvalue weighted by molar-refractivity contribution is 0.0398. The molecule has 0 unspecified atom stereocenters. The number of rotatable bonds is 0. The van der Waals surface area contributed by atoms with Gasteiger partial charge in [-0.2, -0.15) is 0 Å². The van der Waals surface area contributed by atoms with E-state index in [1.165, 1.54) is 0 Å². The molecule has 5 rings (SSSR count). The molecule has 2 aromatic heterocycles. The van der Waals surface area contributed by atoms with Gasteiger partial charge in [0.2, 0.25) is 0 Å². The van der Waals surface area contributed by atoms with E-state index in [0.717, 1.165) is 22.1 Å². The highest BCUT2D eigenvalue weighted by Gasteiger charge is 2.14. The third kappa shape index (κ3) is 5.17. The van der Waals surface area contributed by atoms with Gasteiger partial charge in [0, 0.05) is 0 Å². The summed E-state index contributed by atoms with van der Waals surface area (Å²) in [6.07, 6.45) is 0. The number of imidazole rings is 2. The van der Waals surface area contributed by atoms with Crippen LogP contribution in [-0.4, -0.2) is 71.1 Å². The Labute approximate surface area is 208 Å². The molecule has 0 saturated heterocycles. The molecule has 0 saturated carbocycles. The number of para-hydroxylation sites is 4. The number of ether oxygens (including phenoxy) is 4. The van der Waals surface area contributed by atoms with E-state index < -0.39 is 0 Å². The first-order valence-corrected chi connectivity index (χ1v) is 12.4. The SMILES string of the molecule is O=c1n2c3ccccc3n1CCOCCOCCn1c(=O)n(c3ccccc31)CCOCCOCC2. The normalized spacial score (nSPS) is 17.6. The van der Waals surface area contributed by atoms with Gasteiger partial charge in [-0.3, -0.25) is 18.3 Å². The van der Waals surface area contributed by atoms with Crippen molar-refractivity contribution >= 4 is 22.1 Å². The van der Waals surface area contributed by atoms with Gasteiger partial charge in [-0.1, -0.05) is 24.3 Å². The molecular formula is C26H32N4O6. The molecule has 3 heterocycles. The molecule has 36 heavy (non-hydrogen) atoms. The van der Waals surface area contributed by atoms with Crippen LogP contribution in [0.2, 0.25) is 0 Å². The van der Waals surface area contributed by atoms with Gasteiger partial charge in [0.15, 0.2) is 0 Å². The summed E-state index contributed by atoms with van der Waals surface area (Å²) in [5.41, 5.74) is 3.39. The van der Waals surface area contributed by atoms with E-state index in [0.29, 0.717) is 79.0 Å². The lowest BCUT2D eigenvalue weighted by atomic mass is 10.3. The summed E-state index contributed by atoms with van der Waals surface area (Å²) in [4.78, 5) is 26.1. The fourth-order valence-electron chi connectivity index (χ4n) is 4.68. The highest BCUT2D eigenvalue weighted by atomic mass is 16.5. The molecular weight excluding hydrogens is 464 g/mol. The Morgan fingerprint density at radius 3 is 0.917 bits per heavy atom. The first-order valence-electron chi connectivity index (χ1n) is 12.4. The van der Waals surface area contributed by atoms with Crippen molar-refractivity contribution in [2.75, 3.05) is 52.9 Å². The number of aromatic nitrogens is 4. The van der Waals surface area contributed by atoms with Gasteiger partial charge in [0.1, 0.15) is 0 Å². The number of hydrogen-bond donors (Lipinski definition) is 0. The third-order valence-corrected chi connectivity index (χ3v) is 6.43. The average Bonchev–Trinajstić information content (AvgIpc) is 3.32. The Hall–Kier alpha value is -3.18. The van der Waals surface area contributed by atoms with Crippen LogP contribution in [0.5, 0.6) is 0 Å². The van der Waals surface area contributed by atoms with E-state index >= 15 is 0 Å². The van der Waals surface area contributed by atoms with Crippen molar-refractivity contribution in [3.63, 3.8) is 0 Å². The Kier molecular flexibility index (Phi) is 7.97. The molecule has 0 amide bonds. The van der Waals surface area contributed by atoms with Crippen LogP contribution in [0.4, 0.5) is 0 Å². The Balaban J connectivity index is 1.28. The van der Waals surface area contributed by atoms with Gasteiger partial charge in [0.25, 0.3) is 0 Å². The number of nitrogens with zero attached hydrogens (tertiary/aromatic N) is 4. The Bertz CT molecular complexity index is 1210. The van der Waals surface area contributed by atoms with E-state index in [1.807, 2.05) is 48.5 Å². The topological polar surface area (TPSA) is 90.8 Å². The maximum absolute atomic E-state index is 13.1. The van der Waals surface area contributed by atoms with Crippen molar-refractivity contribution in [3.05, 3.63) is 69.5 Å². The second-order valence-corrected chi connectivity index (χ2v) is 8.60. The predicted octanol–water partition coefficient (Wildman–Crippen LogP) is 1.70.